The van der Waals surface area contributed by atoms with E-state index in [1.54, 1.807) is 42.5 Å². The molecule has 1 aromatic heterocycles. The molecule has 0 saturated carbocycles. The minimum absolute atomic E-state index is 0.108. The van der Waals surface area contributed by atoms with Crippen LogP contribution >= 0.6 is 0 Å². The first-order valence-electron chi connectivity index (χ1n) is 9.52. The summed E-state index contributed by atoms with van der Waals surface area (Å²) in [5, 5.41) is 0.386. The van der Waals surface area contributed by atoms with E-state index in [-0.39, 0.29) is 23.3 Å². The van der Waals surface area contributed by atoms with E-state index in [9.17, 15) is 14.4 Å². The maximum absolute atomic E-state index is 13.1. The molecule has 1 aliphatic rings. The Morgan fingerprint density at radius 1 is 0.833 bits per heavy atom. The van der Waals surface area contributed by atoms with Gasteiger partial charge in [0.15, 0.2) is 0 Å². The molecule has 146 valence electrons. The molecular formula is C24H16N2O4. The molecule has 0 spiro atoms. The standard InChI is InChI=1S/C24H16N2O4/c1-14(15-7-3-2-4-8-15)26-22(27)17-12-11-16(13-19(17)23(26)28)21-25-20-10-6-5-9-18(20)24(29)30-21/h2-14H,1H3. The third-order valence-corrected chi connectivity index (χ3v) is 5.37. The van der Waals surface area contributed by atoms with Crippen LogP contribution in [0.3, 0.4) is 0 Å². The van der Waals surface area contributed by atoms with Gasteiger partial charge < -0.3 is 4.42 Å². The summed E-state index contributed by atoms with van der Waals surface area (Å²) in [6.07, 6.45) is 0. The Morgan fingerprint density at radius 3 is 2.33 bits per heavy atom. The van der Waals surface area contributed by atoms with E-state index < -0.39 is 11.7 Å². The van der Waals surface area contributed by atoms with Crippen LogP contribution in [0.4, 0.5) is 0 Å². The lowest BCUT2D eigenvalue weighted by Crippen LogP contribution is -2.32. The smallest absolute Gasteiger partial charge is 0.347 e. The van der Waals surface area contributed by atoms with Gasteiger partial charge in [-0.15, -0.1) is 0 Å². The first-order valence-corrected chi connectivity index (χ1v) is 9.52. The van der Waals surface area contributed by atoms with E-state index in [2.05, 4.69) is 4.98 Å². The lowest BCUT2D eigenvalue weighted by Gasteiger charge is -2.22. The molecule has 0 bridgehead atoms. The maximum atomic E-state index is 13.1. The van der Waals surface area contributed by atoms with Crippen molar-refractivity contribution in [2.24, 2.45) is 0 Å². The topological polar surface area (TPSA) is 80.5 Å². The molecule has 5 rings (SSSR count). The number of aromatic nitrogens is 1. The van der Waals surface area contributed by atoms with Gasteiger partial charge in [0.05, 0.1) is 28.1 Å². The summed E-state index contributed by atoms with van der Waals surface area (Å²) in [5.74, 6) is -0.613. The van der Waals surface area contributed by atoms with Crippen molar-refractivity contribution in [3.05, 3.63) is 99.9 Å². The molecule has 4 aromatic rings. The zero-order valence-corrected chi connectivity index (χ0v) is 16.0. The Balaban J connectivity index is 1.57. The zero-order chi connectivity index (χ0) is 20.8. The van der Waals surface area contributed by atoms with Gasteiger partial charge in [0.25, 0.3) is 11.8 Å². The van der Waals surface area contributed by atoms with E-state index in [4.69, 9.17) is 4.42 Å². The zero-order valence-electron chi connectivity index (χ0n) is 16.0. The van der Waals surface area contributed by atoms with Gasteiger partial charge >= 0.3 is 5.63 Å². The summed E-state index contributed by atoms with van der Waals surface area (Å²) in [6, 6.07) is 20.7. The number of nitrogens with zero attached hydrogens (tertiary/aromatic N) is 2. The van der Waals surface area contributed by atoms with Crippen molar-refractivity contribution >= 4 is 22.7 Å². The van der Waals surface area contributed by atoms with Crippen molar-refractivity contribution in [1.29, 1.82) is 0 Å². The highest BCUT2D eigenvalue weighted by Gasteiger charge is 2.39. The first-order chi connectivity index (χ1) is 14.5. The summed E-state index contributed by atoms with van der Waals surface area (Å²) in [7, 11) is 0. The molecular weight excluding hydrogens is 380 g/mol. The van der Waals surface area contributed by atoms with E-state index >= 15 is 0 Å². The molecule has 2 amide bonds. The summed E-state index contributed by atoms with van der Waals surface area (Å²) in [5.41, 5.74) is 1.94. The number of carbonyl (C=O) groups excluding carboxylic acids is 2. The second-order valence-electron chi connectivity index (χ2n) is 7.15. The molecule has 0 N–H and O–H groups in total. The highest BCUT2D eigenvalue weighted by molar-refractivity contribution is 6.22. The highest BCUT2D eigenvalue weighted by atomic mass is 16.4. The number of fused-ring (bicyclic) bond motifs is 2. The lowest BCUT2D eigenvalue weighted by molar-refractivity contribution is 0.0595. The van der Waals surface area contributed by atoms with Crippen molar-refractivity contribution in [2.45, 2.75) is 13.0 Å². The van der Waals surface area contributed by atoms with Crippen molar-refractivity contribution in [1.82, 2.24) is 9.88 Å². The monoisotopic (exact) mass is 396 g/mol. The van der Waals surface area contributed by atoms with Gasteiger partial charge in [-0.05, 0) is 42.8 Å². The number of benzene rings is 3. The summed E-state index contributed by atoms with van der Waals surface area (Å²) in [6.45, 7) is 1.82. The quantitative estimate of drug-likeness (QED) is 0.485. The van der Waals surface area contributed by atoms with E-state index in [1.165, 1.54) is 4.90 Å². The third-order valence-electron chi connectivity index (χ3n) is 5.37. The number of para-hydroxylation sites is 1. The second-order valence-corrected chi connectivity index (χ2v) is 7.15. The van der Waals surface area contributed by atoms with Crippen LogP contribution in [0.15, 0.2) is 82.0 Å². The fraction of sp³-hybridized carbons (Fsp3) is 0.0833. The van der Waals surface area contributed by atoms with Crippen LogP contribution in [-0.2, 0) is 0 Å². The van der Waals surface area contributed by atoms with Gasteiger partial charge in [0.1, 0.15) is 0 Å². The molecule has 6 heteroatoms. The molecule has 30 heavy (non-hydrogen) atoms. The van der Waals surface area contributed by atoms with E-state index in [1.807, 2.05) is 37.3 Å². The van der Waals surface area contributed by atoms with Gasteiger partial charge in [-0.1, -0.05) is 42.5 Å². The van der Waals surface area contributed by atoms with Crippen molar-refractivity contribution in [3.8, 4) is 11.5 Å². The van der Waals surface area contributed by atoms with Crippen LogP contribution < -0.4 is 5.63 Å². The van der Waals surface area contributed by atoms with Crippen LogP contribution in [0, 0.1) is 0 Å². The molecule has 0 saturated heterocycles. The summed E-state index contributed by atoms with van der Waals surface area (Å²) >= 11 is 0. The average Bonchev–Trinajstić information content (AvgIpc) is 3.03. The SMILES string of the molecule is CC(c1ccccc1)N1C(=O)c2ccc(-c3nc4ccccc4c(=O)o3)cc2C1=O. The van der Waals surface area contributed by atoms with Crippen LogP contribution in [0.25, 0.3) is 22.4 Å². The van der Waals surface area contributed by atoms with Crippen molar-refractivity contribution in [3.63, 3.8) is 0 Å². The van der Waals surface area contributed by atoms with Gasteiger partial charge in [-0.3, -0.25) is 14.5 Å². The number of imide groups is 1. The van der Waals surface area contributed by atoms with Gasteiger partial charge in [0.2, 0.25) is 5.89 Å². The van der Waals surface area contributed by atoms with Crippen LogP contribution in [0.2, 0.25) is 0 Å². The van der Waals surface area contributed by atoms with Crippen LogP contribution in [0.5, 0.6) is 0 Å². The van der Waals surface area contributed by atoms with E-state index in [0.29, 0.717) is 22.0 Å². The fourth-order valence-corrected chi connectivity index (χ4v) is 3.77. The van der Waals surface area contributed by atoms with Gasteiger partial charge in [-0.2, -0.15) is 0 Å². The van der Waals surface area contributed by atoms with E-state index in [0.717, 1.165) is 5.56 Å². The molecule has 2 heterocycles. The predicted octanol–water partition coefficient (Wildman–Crippen LogP) is 4.21. The Hall–Kier alpha value is -4.06. The molecule has 1 unspecified atom stereocenters. The van der Waals surface area contributed by atoms with Crippen molar-refractivity contribution < 1.29 is 14.0 Å². The Kier molecular flexibility index (Phi) is 4.06. The number of amides is 2. The predicted molar refractivity (Wildman–Crippen MR) is 111 cm³/mol. The molecule has 1 atom stereocenters. The average molecular weight is 396 g/mol. The largest absolute Gasteiger partial charge is 0.403 e. The van der Waals surface area contributed by atoms with Crippen molar-refractivity contribution in [2.75, 3.05) is 0 Å². The molecule has 0 aliphatic carbocycles. The Bertz CT molecular complexity index is 1380. The summed E-state index contributed by atoms with van der Waals surface area (Å²) in [4.78, 5) is 43.9. The Labute approximate surface area is 171 Å². The molecule has 0 radical (unpaired) electrons. The lowest BCUT2D eigenvalue weighted by atomic mass is 10.1. The van der Waals surface area contributed by atoms with Crippen LogP contribution in [-0.4, -0.2) is 21.7 Å². The molecule has 1 aliphatic heterocycles. The molecule has 0 fully saturated rings. The normalized spacial score (nSPS) is 14.2. The summed E-state index contributed by atoms with van der Waals surface area (Å²) < 4.78 is 5.37. The number of carbonyl (C=O) groups is 2. The minimum Gasteiger partial charge on any atom is -0.403 e. The molecule has 6 nitrogen and oxygen atoms in total. The number of rotatable bonds is 3. The Morgan fingerprint density at radius 2 is 1.53 bits per heavy atom. The minimum atomic E-state index is -0.502. The fourth-order valence-electron chi connectivity index (χ4n) is 3.77. The first kappa shape index (κ1) is 18.0. The van der Waals surface area contributed by atoms with Gasteiger partial charge in [-0.25, -0.2) is 9.78 Å². The van der Waals surface area contributed by atoms with Gasteiger partial charge in [0, 0.05) is 5.56 Å². The number of hydrogen-bond acceptors (Lipinski definition) is 5. The van der Waals surface area contributed by atoms with Crippen LogP contribution in [0.1, 0.15) is 39.2 Å². The second kappa shape index (κ2) is 6.77. The highest BCUT2D eigenvalue weighted by Crippen LogP contribution is 2.33. The number of hydrogen-bond donors (Lipinski definition) is 0. The third kappa shape index (κ3) is 2.73. The molecule has 3 aromatic carbocycles. The maximum Gasteiger partial charge on any atom is 0.347 e.